The lowest BCUT2D eigenvalue weighted by atomic mass is 10.0. The lowest BCUT2D eigenvalue weighted by molar-refractivity contribution is -0.138. The number of aromatic nitrogens is 1. The molecule has 2 N–H and O–H groups in total. The highest BCUT2D eigenvalue weighted by Gasteiger charge is 2.34. The first-order valence-electron chi connectivity index (χ1n) is 8.76. The quantitative estimate of drug-likeness (QED) is 0.764. The van der Waals surface area contributed by atoms with E-state index >= 15 is 0 Å². The van der Waals surface area contributed by atoms with Crippen LogP contribution in [0.15, 0.2) is 30.5 Å². The van der Waals surface area contributed by atoms with E-state index in [0.29, 0.717) is 37.6 Å². The number of hydrogen-bond acceptors (Lipinski definition) is 4. The van der Waals surface area contributed by atoms with E-state index in [1.807, 2.05) is 4.90 Å². The zero-order valence-corrected chi connectivity index (χ0v) is 15.2. The van der Waals surface area contributed by atoms with Crippen molar-refractivity contribution >= 4 is 17.4 Å². The predicted molar refractivity (Wildman–Crippen MR) is 96.4 cm³/mol. The Morgan fingerprint density at radius 1 is 1.21 bits per heavy atom. The molecule has 0 radical (unpaired) electrons. The van der Waals surface area contributed by atoms with Gasteiger partial charge in [0.25, 0.3) is 5.91 Å². The van der Waals surface area contributed by atoms with Crippen LogP contribution in [0.25, 0.3) is 0 Å². The number of ketones is 1. The Labute approximate surface area is 159 Å². The predicted octanol–water partition coefficient (Wildman–Crippen LogP) is 3.00. The Morgan fingerprint density at radius 3 is 2.54 bits per heavy atom. The fourth-order valence-electron chi connectivity index (χ4n) is 3.00. The van der Waals surface area contributed by atoms with E-state index in [-0.39, 0.29) is 23.6 Å². The van der Waals surface area contributed by atoms with Gasteiger partial charge in [0.05, 0.1) is 18.8 Å². The van der Waals surface area contributed by atoms with Crippen LogP contribution in [0.3, 0.4) is 0 Å². The molecular weight excluding hydrogens is 375 g/mol. The van der Waals surface area contributed by atoms with Crippen LogP contribution in [0.2, 0.25) is 0 Å². The van der Waals surface area contributed by atoms with Crippen molar-refractivity contribution in [1.82, 2.24) is 10.3 Å². The van der Waals surface area contributed by atoms with Crippen molar-refractivity contribution < 1.29 is 27.5 Å². The molecule has 3 rings (SSSR count). The lowest BCUT2D eigenvalue weighted by Crippen LogP contribution is -2.36. The van der Waals surface area contributed by atoms with Crippen molar-refractivity contribution in [3.8, 4) is 0 Å². The number of H-pyrrole nitrogens is 1. The van der Waals surface area contributed by atoms with E-state index in [0.717, 1.165) is 6.07 Å². The van der Waals surface area contributed by atoms with E-state index in [4.69, 9.17) is 4.74 Å². The summed E-state index contributed by atoms with van der Waals surface area (Å²) in [5.41, 5.74) is 0.102. The molecule has 150 valence electrons. The smallest absolute Gasteiger partial charge is 0.378 e. The van der Waals surface area contributed by atoms with Crippen LogP contribution in [0.5, 0.6) is 0 Å². The maximum absolute atomic E-state index is 13.5. The Morgan fingerprint density at radius 2 is 1.93 bits per heavy atom. The molecule has 28 heavy (non-hydrogen) atoms. The summed E-state index contributed by atoms with van der Waals surface area (Å²) >= 11 is 0. The normalized spacial score (nSPS) is 14.8. The maximum atomic E-state index is 13.5. The average Bonchev–Trinajstić information content (AvgIpc) is 3.16. The Bertz CT molecular complexity index is 871. The zero-order valence-electron chi connectivity index (χ0n) is 15.2. The minimum absolute atomic E-state index is 0.0313. The molecule has 0 aliphatic carbocycles. The number of ether oxygens (including phenoxy) is 1. The van der Waals surface area contributed by atoms with Crippen molar-refractivity contribution in [3.63, 3.8) is 0 Å². The summed E-state index contributed by atoms with van der Waals surface area (Å²) in [6.07, 6.45) is -3.16. The third-order valence-corrected chi connectivity index (χ3v) is 4.55. The Balaban J connectivity index is 1.76. The lowest BCUT2D eigenvalue weighted by Gasteiger charge is -2.29. The van der Waals surface area contributed by atoms with E-state index in [1.165, 1.54) is 25.3 Å². The summed E-state index contributed by atoms with van der Waals surface area (Å²) in [7, 11) is 0. The number of carbonyl (C=O) groups excluding carboxylic acids is 2. The van der Waals surface area contributed by atoms with E-state index < -0.39 is 17.6 Å². The molecule has 0 atom stereocenters. The number of Topliss-reactive ketones (excluding diaryl/α,β-unsaturated/α-hetero) is 1. The summed E-state index contributed by atoms with van der Waals surface area (Å²) in [5.74, 6) is -0.800. The van der Waals surface area contributed by atoms with Crippen LogP contribution in [-0.4, -0.2) is 43.0 Å². The molecule has 1 aromatic carbocycles. The summed E-state index contributed by atoms with van der Waals surface area (Å²) in [4.78, 5) is 27.9. The molecule has 0 unspecified atom stereocenters. The van der Waals surface area contributed by atoms with E-state index in [1.54, 1.807) is 6.07 Å². The first-order chi connectivity index (χ1) is 13.3. The molecule has 0 saturated carbocycles. The number of morpholine rings is 1. The topological polar surface area (TPSA) is 74.4 Å². The number of anilines is 1. The molecule has 2 heterocycles. The van der Waals surface area contributed by atoms with Crippen molar-refractivity contribution in [2.45, 2.75) is 19.6 Å². The monoisotopic (exact) mass is 395 g/mol. The van der Waals surface area contributed by atoms with Crippen LogP contribution in [0.4, 0.5) is 18.9 Å². The second kappa shape index (κ2) is 8.05. The van der Waals surface area contributed by atoms with Crippen LogP contribution < -0.4 is 10.2 Å². The number of halogens is 3. The van der Waals surface area contributed by atoms with Gasteiger partial charge >= 0.3 is 6.18 Å². The first kappa shape index (κ1) is 19.9. The van der Waals surface area contributed by atoms with E-state index in [2.05, 4.69) is 10.3 Å². The Kier molecular flexibility index (Phi) is 5.73. The van der Waals surface area contributed by atoms with Gasteiger partial charge in [0.15, 0.2) is 5.78 Å². The van der Waals surface area contributed by atoms with Crippen molar-refractivity contribution in [3.05, 3.63) is 52.8 Å². The fourth-order valence-corrected chi connectivity index (χ4v) is 3.00. The van der Waals surface area contributed by atoms with Gasteiger partial charge in [0, 0.05) is 37.1 Å². The van der Waals surface area contributed by atoms with Crippen LogP contribution in [-0.2, 0) is 17.5 Å². The number of aromatic amines is 1. The highest BCUT2D eigenvalue weighted by Crippen LogP contribution is 2.35. The minimum atomic E-state index is -4.55. The van der Waals surface area contributed by atoms with Gasteiger partial charge in [-0.2, -0.15) is 13.2 Å². The van der Waals surface area contributed by atoms with Gasteiger partial charge in [0.2, 0.25) is 0 Å². The molecule has 2 aromatic rings. The molecule has 1 amide bonds. The number of nitrogens with zero attached hydrogens (tertiary/aromatic N) is 1. The summed E-state index contributed by atoms with van der Waals surface area (Å²) in [6, 6.07) is 5.47. The second-order valence-electron chi connectivity index (χ2n) is 6.48. The second-order valence-corrected chi connectivity index (χ2v) is 6.48. The zero-order chi connectivity index (χ0) is 20.3. The third kappa shape index (κ3) is 4.53. The average molecular weight is 395 g/mol. The van der Waals surface area contributed by atoms with Crippen LogP contribution in [0.1, 0.15) is 38.9 Å². The molecule has 1 saturated heterocycles. The number of amides is 1. The molecule has 0 bridgehead atoms. The van der Waals surface area contributed by atoms with Crippen molar-refractivity contribution in [2.24, 2.45) is 0 Å². The number of rotatable bonds is 5. The molecule has 1 aliphatic heterocycles. The van der Waals surface area contributed by atoms with Crippen molar-refractivity contribution in [1.29, 1.82) is 0 Å². The molecule has 6 nitrogen and oxygen atoms in total. The van der Waals surface area contributed by atoms with Gasteiger partial charge in [-0.05, 0) is 30.7 Å². The molecule has 1 aromatic heterocycles. The van der Waals surface area contributed by atoms with Gasteiger partial charge in [-0.1, -0.05) is 6.07 Å². The van der Waals surface area contributed by atoms with Gasteiger partial charge < -0.3 is 19.9 Å². The van der Waals surface area contributed by atoms with Gasteiger partial charge in [-0.15, -0.1) is 0 Å². The van der Waals surface area contributed by atoms with Crippen LogP contribution >= 0.6 is 0 Å². The summed E-state index contributed by atoms with van der Waals surface area (Å²) in [6.45, 7) is 3.06. The van der Waals surface area contributed by atoms with Gasteiger partial charge in [0.1, 0.15) is 5.69 Å². The van der Waals surface area contributed by atoms with Crippen molar-refractivity contribution in [2.75, 3.05) is 31.2 Å². The van der Waals surface area contributed by atoms with Gasteiger partial charge in [-0.25, -0.2) is 0 Å². The summed E-state index contributed by atoms with van der Waals surface area (Å²) < 4.78 is 45.8. The number of benzene rings is 1. The SMILES string of the molecule is CC(=O)c1c[nH]c(C(=O)NCc2ccc(N3CCOCC3)cc2C(F)(F)F)c1. The molecule has 0 spiro atoms. The molecule has 1 aliphatic rings. The summed E-state index contributed by atoms with van der Waals surface area (Å²) in [5, 5.41) is 2.46. The molecular formula is C19H20F3N3O3. The van der Waals surface area contributed by atoms with E-state index in [9.17, 15) is 22.8 Å². The number of nitrogens with one attached hydrogen (secondary N) is 2. The Hall–Kier alpha value is -2.81. The van der Waals surface area contributed by atoms with Gasteiger partial charge in [-0.3, -0.25) is 9.59 Å². The molecule has 9 heteroatoms. The largest absolute Gasteiger partial charge is 0.416 e. The standard InChI is InChI=1S/C19H20F3N3O3/c1-12(26)14-8-17(23-11-14)18(27)24-10-13-2-3-15(9-16(13)19(20,21)22)25-4-6-28-7-5-25/h2-3,8-9,11,23H,4-7,10H2,1H3,(H,24,27). The molecule has 1 fully saturated rings. The maximum Gasteiger partial charge on any atom is 0.416 e. The number of alkyl halides is 3. The highest BCUT2D eigenvalue weighted by atomic mass is 19.4. The minimum Gasteiger partial charge on any atom is -0.378 e. The number of hydrogen-bond donors (Lipinski definition) is 2. The first-order valence-corrected chi connectivity index (χ1v) is 8.76. The fraction of sp³-hybridized carbons (Fsp3) is 0.368. The third-order valence-electron chi connectivity index (χ3n) is 4.55. The van der Waals surface area contributed by atoms with Crippen LogP contribution in [0, 0.1) is 0 Å². The number of carbonyl (C=O) groups is 2. The highest BCUT2D eigenvalue weighted by molar-refractivity contribution is 5.99.